The summed E-state index contributed by atoms with van der Waals surface area (Å²) in [5.41, 5.74) is 2.82. The zero-order chi connectivity index (χ0) is 15.9. The van der Waals surface area contributed by atoms with Crippen molar-refractivity contribution in [3.8, 4) is 11.4 Å². The van der Waals surface area contributed by atoms with Crippen LogP contribution in [-0.2, 0) is 6.42 Å². The second-order valence-electron chi connectivity index (χ2n) is 5.12. The van der Waals surface area contributed by atoms with Crippen LogP contribution >= 0.6 is 0 Å². The maximum absolute atomic E-state index is 11.8. The minimum atomic E-state index is -0.209. The van der Waals surface area contributed by atoms with Gasteiger partial charge in [0.1, 0.15) is 5.82 Å². The molecular weight excluding hydrogens is 288 g/mol. The van der Waals surface area contributed by atoms with Gasteiger partial charge in [-0.3, -0.25) is 0 Å². The summed E-state index contributed by atoms with van der Waals surface area (Å²) >= 11 is 0. The third kappa shape index (κ3) is 4.20. The fourth-order valence-corrected chi connectivity index (χ4v) is 2.24. The van der Waals surface area contributed by atoms with Gasteiger partial charge in [-0.15, -0.1) is 0 Å². The molecule has 0 radical (unpaired) electrons. The van der Waals surface area contributed by atoms with Crippen molar-refractivity contribution in [2.24, 2.45) is 0 Å². The number of rotatable bonds is 5. The molecule has 3 rings (SSSR count). The molecule has 1 aromatic heterocycles. The maximum atomic E-state index is 11.8. The highest BCUT2D eigenvalue weighted by Crippen LogP contribution is 2.14. The van der Waals surface area contributed by atoms with E-state index in [1.165, 1.54) is 0 Å². The first-order chi connectivity index (χ1) is 11.3. The number of hydrogen-bond donors (Lipinski definition) is 3. The molecule has 0 aliphatic heterocycles. The smallest absolute Gasteiger partial charge is 0.319 e. The van der Waals surface area contributed by atoms with Crippen LogP contribution in [0.3, 0.4) is 0 Å². The molecule has 5 nitrogen and oxygen atoms in total. The van der Waals surface area contributed by atoms with Gasteiger partial charge < -0.3 is 15.6 Å². The van der Waals surface area contributed by atoms with E-state index in [2.05, 4.69) is 20.6 Å². The summed E-state index contributed by atoms with van der Waals surface area (Å²) < 4.78 is 0. The molecule has 0 aliphatic rings. The van der Waals surface area contributed by atoms with Crippen molar-refractivity contribution in [3.05, 3.63) is 72.6 Å². The topological polar surface area (TPSA) is 69.8 Å². The summed E-state index contributed by atoms with van der Waals surface area (Å²) in [6, 6.07) is 19.1. The van der Waals surface area contributed by atoms with Crippen LogP contribution in [0.2, 0.25) is 0 Å². The van der Waals surface area contributed by atoms with Gasteiger partial charge in [0, 0.05) is 36.1 Å². The molecule has 1 heterocycles. The third-order valence-electron chi connectivity index (χ3n) is 3.39. The van der Waals surface area contributed by atoms with Crippen molar-refractivity contribution in [1.29, 1.82) is 0 Å². The SMILES string of the molecule is O=C(NCCc1cnc(-c2ccccc2)[nH]1)Nc1ccccc1. The number of aromatic nitrogens is 2. The first kappa shape index (κ1) is 14.8. The number of para-hydroxylation sites is 1. The zero-order valence-electron chi connectivity index (χ0n) is 12.6. The molecule has 23 heavy (non-hydrogen) atoms. The first-order valence-corrected chi connectivity index (χ1v) is 7.50. The number of aromatic amines is 1. The number of amides is 2. The molecule has 116 valence electrons. The minimum absolute atomic E-state index is 0.209. The number of H-pyrrole nitrogens is 1. The van der Waals surface area contributed by atoms with Crippen molar-refractivity contribution >= 4 is 11.7 Å². The van der Waals surface area contributed by atoms with E-state index in [1.807, 2.05) is 60.7 Å². The van der Waals surface area contributed by atoms with Crippen LogP contribution in [0.4, 0.5) is 10.5 Å². The lowest BCUT2D eigenvalue weighted by Crippen LogP contribution is -2.30. The molecule has 3 N–H and O–H groups in total. The number of carbonyl (C=O) groups is 1. The third-order valence-corrected chi connectivity index (χ3v) is 3.39. The van der Waals surface area contributed by atoms with E-state index < -0.39 is 0 Å². The number of anilines is 1. The number of urea groups is 1. The Hall–Kier alpha value is -3.08. The van der Waals surface area contributed by atoms with Gasteiger partial charge in [-0.05, 0) is 12.1 Å². The molecule has 0 saturated carbocycles. The molecule has 0 aliphatic carbocycles. The Morgan fingerprint density at radius 3 is 2.43 bits per heavy atom. The summed E-state index contributed by atoms with van der Waals surface area (Å²) in [6.07, 6.45) is 2.50. The summed E-state index contributed by atoms with van der Waals surface area (Å²) in [5.74, 6) is 0.842. The average molecular weight is 306 g/mol. The van der Waals surface area contributed by atoms with E-state index in [4.69, 9.17) is 0 Å². The van der Waals surface area contributed by atoms with E-state index in [1.54, 1.807) is 6.20 Å². The van der Waals surface area contributed by atoms with Gasteiger partial charge in [-0.25, -0.2) is 9.78 Å². The van der Waals surface area contributed by atoms with Crippen LogP contribution in [0.25, 0.3) is 11.4 Å². The largest absolute Gasteiger partial charge is 0.342 e. The normalized spacial score (nSPS) is 10.3. The standard InChI is InChI=1S/C18H18N4O/c23-18(22-15-9-5-2-6-10-15)19-12-11-16-13-20-17(21-16)14-7-3-1-4-8-14/h1-10,13H,11-12H2,(H,20,21)(H2,19,22,23). The van der Waals surface area contributed by atoms with Crippen molar-refractivity contribution in [2.45, 2.75) is 6.42 Å². The zero-order valence-corrected chi connectivity index (χ0v) is 12.6. The monoisotopic (exact) mass is 306 g/mol. The average Bonchev–Trinajstić information content (AvgIpc) is 3.05. The van der Waals surface area contributed by atoms with Gasteiger partial charge in [-0.1, -0.05) is 48.5 Å². The lowest BCUT2D eigenvalue weighted by atomic mass is 10.2. The number of nitrogens with one attached hydrogen (secondary N) is 3. The molecule has 0 fully saturated rings. The van der Waals surface area contributed by atoms with Crippen LogP contribution in [0.1, 0.15) is 5.69 Å². The van der Waals surface area contributed by atoms with E-state index >= 15 is 0 Å². The van der Waals surface area contributed by atoms with E-state index in [-0.39, 0.29) is 6.03 Å². The number of imidazole rings is 1. The number of nitrogens with zero attached hydrogens (tertiary/aromatic N) is 1. The van der Waals surface area contributed by atoms with E-state index in [0.717, 1.165) is 22.8 Å². The van der Waals surface area contributed by atoms with Crippen molar-refractivity contribution in [3.63, 3.8) is 0 Å². The van der Waals surface area contributed by atoms with E-state index in [0.29, 0.717) is 13.0 Å². The molecule has 5 heteroatoms. The van der Waals surface area contributed by atoms with Gasteiger partial charge in [0.2, 0.25) is 0 Å². The predicted octanol–water partition coefficient (Wildman–Crippen LogP) is 3.44. The number of carbonyl (C=O) groups excluding carboxylic acids is 1. The molecular formula is C18H18N4O. The molecule has 0 saturated heterocycles. The van der Waals surface area contributed by atoms with Crippen molar-refractivity contribution < 1.29 is 4.79 Å². The first-order valence-electron chi connectivity index (χ1n) is 7.50. The second kappa shape index (κ2) is 7.26. The highest BCUT2D eigenvalue weighted by molar-refractivity contribution is 5.89. The molecule has 0 unspecified atom stereocenters. The Kier molecular flexibility index (Phi) is 4.69. The van der Waals surface area contributed by atoms with Crippen molar-refractivity contribution in [2.75, 3.05) is 11.9 Å². The quantitative estimate of drug-likeness (QED) is 0.676. The van der Waals surface area contributed by atoms with Gasteiger partial charge in [0.25, 0.3) is 0 Å². The summed E-state index contributed by atoms with van der Waals surface area (Å²) in [5, 5.41) is 5.61. The van der Waals surface area contributed by atoms with Gasteiger partial charge in [0.05, 0.1) is 0 Å². The lowest BCUT2D eigenvalue weighted by molar-refractivity contribution is 0.252. The van der Waals surface area contributed by atoms with Crippen LogP contribution in [0, 0.1) is 0 Å². The van der Waals surface area contributed by atoms with Crippen LogP contribution in [0.5, 0.6) is 0 Å². The molecule has 2 amide bonds. The maximum Gasteiger partial charge on any atom is 0.319 e. The van der Waals surface area contributed by atoms with Gasteiger partial charge in [0.15, 0.2) is 0 Å². The Morgan fingerprint density at radius 2 is 1.70 bits per heavy atom. The minimum Gasteiger partial charge on any atom is -0.342 e. The van der Waals surface area contributed by atoms with Gasteiger partial charge in [-0.2, -0.15) is 0 Å². The highest BCUT2D eigenvalue weighted by Gasteiger charge is 2.04. The molecule has 0 spiro atoms. The summed E-state index contributed by atoms with van der Waals surface area (Å²) in [7, 11) is 0. The Balaban J connectivity index is 1.48. The molecule has 0 atom stereocenters. The molecule has 0 bridgehead atoms. The molecule has 2 aromatic carbocycles. The van der Waals surface area contributed by atoms with Gasteiger partial charge >= 0.3 is 6.03 Å². The predicted molar refractivity (Wildman–Crippen MR) is 91.2 cm³/mol. The lowest BCUT2D eigenvalue weighted by Gasteiger charge is -2.06. The second-order valence-corrected chi connectivity index (χ2v) is 5.12. The molecule has 3 aromatic rings. The number of benzene rings is 2. The Morgan fingerprint density at radius 1 is 1.00 bits per heavy atom. The van der Waals surface area contributed by atoms with Crippen LogP contribution in [0.15, 0.2) is 66.9 Å². The fourth-order valence-electron chi connectivity index (χ4n) is 2.24. The fraction of sp³-hybridized carbons (Fsp3) is 0.111. The van der Waals surface area contributed by atoms with E-state index in [9.17, 15) is 4.79 Å². The van der Waals surface area contributed by atoms with Crippen LogP contribution in [-0.4, -0.2) is 22.5 Å². The summed E-state index contributed by atoms with van der Waals surface area (Å²) in [4.78, 5) is 19.4. The highest BCUT2D eigenvalue weighted by atomic mass is 16.2. The number of hydrogen-bond acceptors (Lipinski definition) is 2. The van der Waals surface area contributed by atoms with Crippen LogP contribution < -0.4 is 10.6 Å². The summed E-state index contributed by atoms with van der Waals surface area (Å²) in [6.45, 7) is 0.537. The Labute approximate surface area is 134 Å². The Bertz CT molecular complexity index is 753. The van der Waals surface area contributed by atoms with Crippen molar-refractivity contribution in [1.82, 2.24) is 15.3 Å².